The number of fused-ring (bicyclic) bond motifs is 1. The van der Waals surface area contributed by atoms with Crippen molar-refractivity contribution in [1.29, 1.82) is 0 Å². The number of amides is 1. The van der Waals surface area contributed by atoms with E-state index in [2.05, 4.69) is 40.7 Å². The van der Waals surface area contributed by atoms with Crippen molar-refractivity contribution in [2.24, 2.45) is 0 Å². The van der Waals surface area contributed by atoms with Gasteiger partial charge in [0.25, 0.3) is 0 Å². The molecular weight excluding hydrogens is 238 g/mol. The van der Waals surface area contributed by atoms with Crippen LogP contribution in [0.3, 0.4) is 0 Å². The maximum atomic E-state index is 11.6. The van der Waals surface area contributed by atoms with E-state index in [1.165, 1.54) is 11.3 Å². The summed E-state index contributed by atoms with van der Waals surface area (Å²) in [7, 11) is 1.69. The molecular formula is C15H23N3O. The first-order valence-corrected chi connectivity index (χ1v) is 7.04. The molecule has 1 unspecified atom stereocenters. The van der Waals surface area contributed by atoms with E-state index in [1.54, 1.807) is 7.05 Å². The molecule has 104 valence electrons. The molecule has 4 nitrogen and oxygen atoms in total. The molecule has 0 bridgehead atoms. The second-order valence-corrected chi connectivity index (χ2v) is 4.91. The van der Waals surface area contributed by atoms with Crippen LogP contribution in [0.5, 0.6) is 0 Å². The van der Waals surface area contributed by atoms with Crippen LogP contribution in [0.4, 0.5) is 5.69 Å². The fourth-order valence-corrected chi connectivity index (χ4v) is 2.71. The number of anilines is 1. The van der Waals surface area contributed by atoms with E-state index in [-0.39, 0.29) is 5.91 Å². The maximum Gasteiger partial charge on any atom is 0.239 e. The van der Waals surface area contributed by atoms with Gasteiger partial charge in [0.05, 0.1) is 6.54 Å². The van der Waals surface area contributed by atoms with Gasteiger partial charge in [-0.25, -0.2) is 0 Å². The number of carbonyl (C=O) groups excluding carboxylic acids is 1. The normalized spacial score (nSPS) is 18.6. The van der Waals surface area contributed by atoms with E-state index in [0.717, 1.165) is 25.9 Å². The van der Waals surface area contributed by atoms with E-state index >= 15 is 0 Å². The molecule has 0 fully saturated rings. The van der Waals surface area contributed by atoms with Crippen molar-refractivity contribution in [2.45, 2.75) is 25.8 Å². The quantitative estimate of drug-likeness (QED) is 0.867. The van der Waals surface area contributed by atoms with Crippen LogP contribution in [-0.2, 0) is 4.79 Å². The number of hydrogen-bond acceptors (Lipinski definition) is 3. The minimum atomic E-state index is 0.0664. The van der Waals surface area contributed by atoms with E-state index in [1.807, 2.05) is 6.07 Å². The van der Waals surface area contributed by atoms with Crippen LogP contribution in [-0.4, -0.2) is 32.6 Å². The predicted octanol–water partition coefficient (Wildman–Crippen LogP) is 1.68. The smallest absolute Gasteiger partial charge is 0.239 e. The van der Waals surface area contributed by atoms with Crippen LogP contribution in [0, 0.1) is 0 Å². The zero-order chi connectivity index (χ0) is 13.7. The Labute approximate surface area is 115 Å². The Balaban J connectivity index is 2.27. The van der Waals surface area contributed by atoms with Crippen molar-refractivity contribution in [3.05, 3.63) is 29.8 Å². The van der Waals surface area contributed by atoms with Crippen LogP contribution in [0.2, 0.25) is 0 Å². The lowest BCUT2D eigenvalue weighted by Gasteiger charge is -2.25. The zero-order valence-corrected chi connectivity index (χ0v) is 11.8. The molecule has 1 aliphatic rings. The van der Waals surface area contributed by atoms with Gasteiger partial charge in [0.15, 0.2) is 0 Å². The third kappa shape index (κ3) is 3.26. The first-order chi connectivity index (χ1) is 9.26. The molecule has 1 amide bonds. The Bertz CT molecular complexity index is 433. The molecule has 0 aromatic heterocycles. The van der Waals surface area contributed by atoms with Gasteiger partial charge in [0, 0.05) is 25.3 Å². The average molecular weight is 261 g/mol. The zero-order valence-electron chi connectivity index (χ0n) is 11.8. The van der Waals surface area contributed by atoms with Crippen LogP contribution in [0.1, 0.15) is 31.4 Å². The van der Waals surface area contributed by atoms with E-state index < -0.39 is 0 Å². The number of rotatable bonds is 4. The molecule has 0 spiro atoms. The van der Waals surface area contributed by atoms with Crippen molar-refractivity contribution in [3.8, 4) is 0 Å². The van der Waals surface area contributed by atoms with Gasteiger partial charge >= 0.3 is 0 Å². The molecule has 1 aliphatic heterocycles. The molecule has 1 aromatic rings. The summed E-state index contributed by atoms with van der Waals surface area (Å²) < 4.78 is 0. The number of para-hydroxylation sites is 1. The first kappa shape index (κ1) is 13.9. The standard InChI is InChI=1S/C15H23N3O/c1-3-17-13-8-6-10-18(11-15(19)16-2)14-9-5-4-7-12(13)14/h4-5,7,9,13,17H,3,6,8,10-11H2,1-2H3,(H,16,19). The summed E-state index contributed by atoms with van der Waals surface area (Å²) in [4.78, 5) is 13.8. The molecule has 0 saturated carbocycles. The van der Waals surface area contributed by atoms with Crippen LogP contribution in [0.25, 0.3) is 0 Å². The number of nitrogens with zero attached hydrogens (tertiary/aromatic N) is 1. The molecule has 1 heterocycles. The summed E-state index contributed by atoms with van der Waals surface area (Å²) in [5, 5.41) is 6.24. The molecule has 2 rings (SSSR count). The molecule has 2 N–H and O–H groups in total. The highest BCUT2D eigenvalue weighted by Crippen LogP contribution is 2.32. The van der Waals surface area contributed by atoms with Crippen molar-refractivity contribution >= 4 is 11.6 Å². The summed E-state index contributed by atoms with van der Waals surface area (Å²) in [5.74, 6) is 0.0664. The molecule has 4 heteroatoms. The average Bonchev–Trinajstić information content (AvgIpc) is 2.60. The molecule has 1 atom stereocenters. The Kier molecular flexibility index (Phi) is 4.80. The summed E-state index contributed by atoms with van der Waals surface area (Å²) in [6, 6.07) is 8.81. The number of carbonyl (C=O) groups is 1. The van der Waals surface area contributed by atoms with Gasteiger partial charge in [-0.2, -0.15) is 0 Å². The van der Waals surface area contributed by atoms with Crippen LogP contribution < -0.4 is 15.5 Å². The highest BCUT2D eigenvalue weighted by atomic mass is 16.1. The van der Waals surface area contributed by atoms with E-state index in [4.69, 9.17) is 0 Å². The molecule has 0 saturated heterocycles. The van der Waals surface area contributed by atoms with Crippen LogP contribution in [0.15, 0.2) is 24.3 Å². The summed E-state index contributed by atoms with van der Waals surface area (Å²) in [6.45, 7) is 4.48. The van der Waals surface area contributed by atoms with Gasteiger partial charge in [-0.15, -0.1) is 0 Å². The minimum Gasteiger partial charge on any atom is -0.362 e. The molecule has 0 aliphatic carbocycles. The molecule has 0 radical (unpaired) electrons. The van der Waals surface area contributed by atoms with Crippen molar-refractivity contribution in [1.82, 2.24) is 10.6 Å². The number of hydrogen-bond donors (Lipinski definition) is 2. The van der Waals surface area contributed by atoms with Gasteiger partial charge in [-0.05, 0) is 31.0 Å². The predicted molar refractivity (Wildman–Crippen MR) is 78.4 cm³/mol. The Morgan fingerprint density at radius 3 is 2.95 bits per heavy atom. The van der Waals surface area contributed by atoms with Gasteiger partial charge < -0.3 is 15.5 Å². The maximum absolute atomic E-state index is 11.6. The number of benzene rings is 1. The lowest BCUT2D eigenvalue weighted by Crippen LogP contribution is -2.36. The Hall–Kier alpha value is -1.55. The SMILES string of the molecule is CCNC1CCCN(CC(=O)NC)c2ccccc21. The van der Waals surface area contributed by atoms with Crippen LogP contribution >= 0.6 is 0 Å². The number of likely N-dealkylation sites (N-methyl/N-ethyl adjacent to an activating group) is 1. The minimum absolute atomic E-state index is 0.0664. The summed E-state index contributed by atoms with van der Waals surface area (Å²) >= 11 is 0. The second-order valence-electron chi connectivity index (χ2n) is 4.91. The van der Waals surface area contributed by atoms with Gasteiger partial charge in [0.1, 0.15) is 0 Å². The number of nitrogens with one attached hydrogen (secondary N) is 2. The third-order valence-electron chi connectivity index (χ3n) is 3.64. The first-order valence-electron chi connectivity index (χ1n) is 7.04. The molecule has 1 aromatic carbocycles. The monoisotopic (exact) mass is 261 g/mol. The van der Waals surface area contributed by atoms with Gasteiger partial charge in [-0.1, -0.05) is 25.1 Å². The Morgan fingerprint density at radius 1 is 1.42 bits per heavy atom. The summed E-state index contributed by atoms with van der Waals surface area (Å²) in [5.41, 5.74) is 2.50. The van der Waals surface area contributed by atoms with Crippen molar-refractivity contribution < 1.29 is 4.79 Å². The fraction of sp³-hybridized carbons (Fsp3) is 0.533. The van der Waals surface area contributed by atoms with E-state index in [9.17, 15) is 4.79 Å². The fourth-order valence-electron chi connectivity index (χ4n) is 2.71. The topological polar surface area (TPSA) is 44.4 Å². The highest BCUT2D eigenvalue weighted by Gasteiger charge is 2.22. The van der Waals surface area contributed by atoms with Gasteiger partial charge in [0.2, 0.25) is 5.91 Å². The van der Waals surface area contributed by atoms with Crippen molar-refractivity contribution in [2.75, 3.05) is 31.6 Å². The third-order valence-corrected chi connectivity index (χ3v) is 3.64. The van der Waals surface area contributed by atoms with E-state index in [0.29, 0.717) is 12.6 Å². The second kappa shape index (κ2) is 6.57. The Morgan fingerprint density at radius 2 is 2.21 bits per heavy atom. The molecule has 19 heavy (non-hydrogen) atoms. The lowest BCUT2D eigenvalue weighted by molar-refractivity contribution is -0.119. The largest absolute Gasteiger partial charge is 0.362 e. The summed E-state index contributed by atoms with van der Waals surface area (Å²) in [6.07, 6.45) is 2.22. The van der Waals surface area contributed by atoms with Crippen molar-refractivity contribution in [3.63, 3.8) is 0 Å². The van der Waals surface area contributed by atoms with Gasteiger partial charge in [-0.3, -0.25) is 4.79 Å². The lowest BCUT2D eigenvalue weighted by atomic mass is 10.0. The highest BCUT2D eigenvalue weighted by molar-refractivity contribution is 5.81.